The summed E-state index contributed by atoms with van der Waals surface area (Å²) < 4.78 is 38.5. The molecule has 0 saturated heterocycles. The molecule has 2 aliphatic rings. The molecule has 2 aromatic heterocycles. The molecule has 28 heavy (non-hydrogen) atoms. The van der Waals surface area contributed by atoms with Crippen molar-refractivity contribution >= 4 is 61.7 Å². The quantitative estimate of drug-likeness (QED) is 0.440. The first-order valence-electron chi connectivity index (χ1n) is 7.77. The molecule has 0 fully saturated rings. The van der Waals surface area contributed by atoms with E-state index in [1.807, 2.05) is 6.07 Å². The predicted molar refractivity (Wildman–Crippen MR) is 107 cm³/mol. The molecule has 0 atom stereocenters. The van der Waals surface area contributed by atoms with Crippen LogP contribution in [0.4, 0.5) is 0 Å². The molecular formula is C16H12N4O5S3. The van der Waals surface area contributed by atoms with Crippen LogP contribution in [-0.2, 0) is 20.4 Å². The van der Waals surface area contributed by atoms with E-state index < -0.39 is 15.7 Å². The first-order chi connectivity index (χ1) is 13.3. The highest BCUT2D eigenvalue weighted by Gasteiger charge is 2.41. The van der Waals surface area contributed by atoms with Crippen LogP contribution in [0.2, 0.25) is 0 Å². The topological polar surface area (TPSA) is 129 Å². The van der Waals surface area contributed by atoms with E-state index in [0.717, 1.165) is 28.9 Å². The Labute approximate surface area is 168 Å². The second-order valence-electron chi connectivity index (χ2n) is 5.70. The molecular weight excluding hydrogens is 424 g/mol. The van der Waals surface area contributed by atoms with Crippen LogP contribution in [-0.4, -0.2) is 41.7 Å². The Kier molecular flexibility index (Phi) is 4.77. The molecule has 0 saturated carbocycles. The van der Waals surface area contributed by atoms with Crippen molar-refractivity contribution in [2.75, 3.05) is 6.26 Å². The van der Waals surface area contributed by atoms with Gasteiger partial charge in [0, 0.05) is 6.26 Å². The molecule has 1 amide bonds. The maximum Gasteiger partial charge on any atom is 0.283 e. The first-order valence-corrected chi connectivity index (χ1v) is 11.4. The highest BCUT2D eigenvalue weighted by atomic mass is 32.2. The number of carbonyl (C=O) groups excluding carboxylic acids is 1. The molecule has 0 aromatic carbocycles. The maximum atomic E-state index is 12.3. The third-order valence-corrected chi connectivity index (χ3v) is 6.34. The summed E-state index contributed by atoms with van der Waals surface area (Å²) in [4.78, 5) is 17.2. The van der Waals surface area contributed by atoms with Crippen LogP contribution >= 0.6 is 23.7 Å². The van der Waals surface area contributed by atoms with Crippen molar-refractivity contribution < 1.29 is 22.0 Å². The van der Waals surface area contributed by atoms with E-state index >= 15 is 0 Å². The summed E-state index contributed by atoms with van der Waals surface area (Å²) >= 11 is 2.16. The Morgan fingerprint density at radius 2 is 2.18 bits per heavy atom. The summed E-state index contributed by atoms with van der Waals surface area (Å²) in [6, 6.07) is 7.04. The fraction of sp³-hybridized carbons (Fsp3) is 0.125. The number of rotatable bonds is 4. The molecule has 144 valence electrons. The van der Waals surface area contributed by atoms with Crippen LogP contribution in [0.3, 0.4) is 0 Å². The summed E-state index contributed by atoms with van der Waals surface area (Å²) in [6.07, 6.45) is 3.94. The molecule has 1 N–H and O–H groups in total. The number of thioether (sulfide) groups is 1. The van der Waals surface area contributed by atoms with Crippen LogP contribution < -0.4 is 0 Å². The SMILES string of the molecule is CS(=O)(=O)C1=NSC2=NC(=O)/C(=C\c3ccc(SCc4ccco4)o3)C(=N)N21. The van der Waals surface area contributed by atoms with Crippen LogP contribution in [0.25, 0.3) is 6.08 Å². The number of carbonyl (C=O) groups is 1. The zero-order valence-corrected chi connectivity index (χ0v) is 16.7. The lowest BCUT2D eigenvalue weighted by Crippen LogP contribution is -2.45. The van der Waals surface area contributed by atoms with Crippen LogP contribution in [0.1, 0.15) is 11.5 Å². The van der Waals surface area contributed by atoms with E-state index in [2.05, 4.69) is 9.39 Å². The zero-order valence-electron chi connectivity index (χ0n) is 14.3. The smallest absolute Gasteiger partial charge is 0.283 e. The number of aliphatic imine (C=N–C) groups is 1. The van der Waals surface area contributed by atoms with E-state index in [1.54, 1.807) is 24.5 Å². The fourth-order valence-corrected chi connectivity index (χ4v) is 5.02. The lowest BCUT2D eigenvalue weighted by molar-refractivity contribution is -0.114. The van der Waals surface area contributed by atoms with E-state index in [1.165, 1.54) is 17.8 Å². The molecule has 2 aromatic rings. The first kappa shape index (κ1) is 18.8. The van der Waals surface area contributed by atoms with Crippen molar-refractivity contribution in [3.8, 4) is 0 Å². The van der Waals surface area contributed by atoms with E-state index in [0.29, 0.717) is 16.6 Å². The molecule has 4 rings (SSSR count). The predicted octanol–water partition coefficient (Wildman–Crippen LogP) is 2.79. The van der Waals surface area contributed by atoms with Gasteiger partial charge in [-0.1, -0.05) is 11.8 Å². The van der Waals surface area contributed by atoms with E-state index in [-0.39, 0.29) is 21.7 Å². The van der Waals surface area contributed by atoms with Gasteiger partial charge in [0.1, 0.15) is 17.4 Å². The second-order valence-corrected chi connectivity index (χ2v) is 9.32. The summed E-state index contributed by atoms with van der Waals surface area (Å²) in [5.41, 5.74) is -0.0838. The third-order valence-electron chi connectivity index (χ3n) is 3.65. The molecule has 4 heterocycles. The lowest BCUT2D eigenvalue weighted by atomic mass is 10.1. The zero-order chi connectivity index (χ0) is 19.9. The molecule has 0 bridgehead atoms. The summed E-state index contributed by atoms with van der Waals surface area (Å²) in [5.74, 6) is 0.753. The average molecular weight is 436 g/mol. The monoisotopic (exact) mass is 436 g/mol. The van der Waals surface area contributed by atoms with Crippen LogP contribution in [0.5, 0.6) is 0 Å². The highest BCUT2D eigenvalue weighted by Crippen LogP contribution is 2.31. The molecule has 0 radical (unpaired) electrons. The summed E-state index contributed by atoms with van der Waals surface area (Å²) in [5, 5.41) is 8.61. The molecule has 0 spiro atoms. The second kappa shape index (κ2) is 7.11. The Morgan fingerprint density at radius 3 is 2.89 bits per heavy atom. The van der Waals surface area contributed by atoms with Gasteiger partial charge >= 0.3 is 0 Å². The number of fused-ring (bicyclic) bond motifs is 1. The Hall–Kier alpha value is -2.57. The van der Waals surface area contributed by atoms with E-state index in [4.69, 9.17) is 14.2 Å². The lowest BCUT2D eigenvalue weighted by Gasteiger charge is -2.23. The minimum Gasteiger partial charge on any atom is -0.468 e. The molecule has 2 aliphatic heterocycles. The van der Waals surface area contributed by atoms with Gasteiger partial charge in [0.2, 0.25) is 20.2 Å². The minimum absolute atomic E-state index is 0.0433. The van der Waals surface area contributed by atoms with Gasteiger partial charge in [-0.05, 0) is 30.3 Å². The number of nitrogens with one attached hydrogen (secondary N) is 1. The number of furan rings is 2. The van der Waals surface area contributed by atoms with Crippen molar-refractivity contribution in [2.24, 2.45) is 9.39 Å². The van der Waals surface area contributed by atoms with Gasteiger partial charge < -0.3 is 8.83 Å². The Bertz CT molecular complexity index is 1160. The average Bonchev–Trinajstić information content (AvgIpc) is 3.36. The van der Waals surface area contributed by atoms with E-state index in [9.17, 15) is 13.2 Å². The summed E-state index contributed by atoms with van der Waals surface area (Å²) in [7, 11) is -3.69. The standard InChI is InChI=1S/C16H12N4O5S3/c1-28(22,23)16-19-27-15-18-14(21)11(13(17)20(15)16)7-9-4-5-12(25-9)26-8-10-3-2-6-24-10/h2-7,17H,8H2,1H3/b11-7-,17-13?. The molecule has 0 unspecified atom stereocenters. The Balaban J connectivity index is 1.57. The molecule has 0 aliphatic carbocycles. The van der Waals surface area contributed by atoms with Crippen LogP contribution in [0, 0.1) is 5.41 Å². The normalized spacial score (nSPS) is 18.5. The van der Waals surface area contributed by atoms with Gasteiger partial charge in [-0.15, -0.1) is 0 Å². The van der Waals surface area contributed by atoms with Crippen molar-refractivity contribution in [2.45, 2.75) is 10.8 Å². The Morgan fingerprint density at radius 1 is 1.36 bits per heavy atom. The number of sulfone groups is 1. The van der Waals surface area contributed by atoms with Gasteiger partial charge in [0.05, 0.1) is 29.5 Å². The largest absolute Gasteiger partial charge is 0.468 e. The van der Waals surface area contributed by atoms with Gasteiger partial charge in [-0.25, -0.2) is 13.3 Å². The number of amidine groups is 3. The molecule has 12 heteroatoms. The van der Waals surface area contributed by atoms with Gasteiger partial charge in [-0.2, -0.15) is 9.39 Å². The maximum absolute atomic E-state index is 12.3. The van der Waals surface area contributed by atoms with Gasteiger partial charge in [0.25, 0.3) is 5.91 Å². The number of hydrogen-bond acceptors (Lipinski definition) is 9. The third kappa shape index (κ3) is 3.57. The van der Waals surface area contributed by atoms with Crippen molar-refractivity contribution in [1.82, 2.24) is 4.90 Å². The van der Waals surface area contributed by atoms with Crippen molar-refractivity contribution in [3.63, 3.8) is 0 Å². The number of nitrogens with zero attached hydrogens (tertiary/aromatic N) is 3. The van der Waals surface area contributed by atoms with Crippen LogP contribution in [0.15, 0.2) is 59.4 Å². The minimum atomic E-state index is -3.69. The van der Waals surface area contributed by atoms with Gasteiger partial charge in [0.15, 0.2) is 5.09 Å². The fourth-order valence-electron chi connectivity index (χ4n) is 2.41. The number of hydrogen-bond donors (Lipinski definition) is 1. The van der Waals surface area contributed by atoms with Crippen molar-refractivity contribution in [3.05, 3.63) is 47.6 Å². The van der Waals surface area contributed by atoms with Gasteiger partial charge in [-0.3, -0.25) is 10.2 Å². The molecule has 9 nitrogen and oxygen atoms in total. The highest BCUT2D eigenvalue weighted by molar-refractivity contribution is 8.16. The summed E-state index contributed by atoms with van der Waals surface area (Å²) in [6.45, 7) is 0. The van der Waals surface area contributed by atoms with Crippen molar-refractivity contribution in [1.29, 1.82) is 5.41 Å². The number of amides is 1.